The fraction of sp³-hybridized carbons (Fsp3) is 0.250. The van der Waals surface area contributed by atoms with E-state index in [0.29, 0.717) is 11.3 Å². The summed E-state index contributed by atoms with van der Waals surface area (Å²) >= 11 is 7.01. The zero-order chi connectivity index (χ0) is 15.2. The molecule has 0 saturated heterocycles. The molecule has 5 heteroatoms. The van der Waals surface area contributed by atoms with Gasteiger partial charge >= 0.3 is 0 Å². The second-order valence-corrected chi connectivity index (χ2v) is 6.26. The van der Waals surface area contributed by atoms with Crippen molar-refractivity contribution in [1.29, 1.82) is 0 Å². The van der Waals surface area contributed by atoms with Crippen molar-refractivity contribution < 1.29 is 9.13 Å². The predicted octanol–water partition coefficient (Wildman–Crippen LogP) is 5.04. The Morgan fingerprint density at radius 2 is 1.81 bits per heavy atom. The third-order valence-electron chi connectivity index (χ3n) is 2.97. The molecule has 2 nitrogen and oxygen atoms in total. The van der Waals surface area contributed by atoms with Gasteiger partial charge in [0.2, 0.25) is 0 Å². The second-order valence-electron chi connectivity index (χ2n) is 4.55. The van der Waals surface area contributed by atoms with Gasteiger partial charge in [0.25, 0.3) is 0 Å². The first-order valence-electron chi connectivity index (χ1n) is 6.66. The van der Waals surface area contributed by atoms with Crippen molar-refractivity contribution in [2.24, 2.45) is 0 Å². The Morgan fingerprint density at radius 1 is 1.14 bits per heavy atom. The van der Waals surface area contributed by atoms with Gasteiger partial charge in [0.1, 0.15) is 18.2 Å². The third kappa shape index (κ3) is 4.53. The maximum Gasteiger partial charge on any atom is 0.148 e. The molecule has 0 aliphatic rings. The van der Waals surface area contributed by atoms with Gasteiger partial charge in [-0.25, -0.2) is 4.39 Å². The van der Waals surface area contributed by atoms with Gasteiger partial charge in [-0.15, -0.1) is 0 Å². The molecule has 0 bridgehead atoms. The van der Waals surface area contributed by atoms with Gasteiger partial charge in [0.05, 0.1) is 8.95 Å². The average molecular weight is 417 g/mol. The van der Waals surface area contributed by atoms with Crippen LogP contribution in [-0.4, -0.2) is 6.54 Å². The lowest BCUT2D eigenvalue weighted by atomic mass is 10.2. The van der Waals surface area contributed by atoms with Crippen LogP contribution in [0.5, 0.6) is 5.75 Å². The van der Waals surface area contributed by atoms with Crippen LogP contribution in [0.1, 0.15) is 18.1 Å². The van der Waals surface area contributed by atoms with Crippen LogP contribution in [0.3, 0.4) is 0 Å². The third-order valence-corrected chi connectivity index (χ3v) is 4.15. The Bertz CT molecular complexity index is 596. The van der Waals surface area contributed by atoms with Crippen molar-refractivity contribution in [3.8, 4) is 5.75 Å². The number of rotatable bonds is 6. The monoisotopic (exact) mass is 415 g/mol. The van der Waals surface area contributed by atoms with Gasteiger partial charge in [-0.05, 0) is 62.2 Å². The molecule has 0 spiro atoms. The topological polar surface area (TPSA) is 21.3 Å². The number of hydrogen-bond acceptors (Lipinski definition) is 2. The van der Waals surface area contributed by atoms with Gasteiger partial charge in [-0.1, -0.05) is 25.1 Å². The Hall–Kier alpha value is -0.910. The van der Waals surface area contributed by atoms with Crippen molar-refractivity contribution in [3.05, 3.63) is 62.3 Å². The van der Waals surface area contributed by atoms with Gasteiger partial charge in [-0.2, -0.15) is 0 Å². The smallest absolute Gasteiger partial charge is 0.148 e. The fourth-order valence-electron chi connectivity index (χ4n) is 1.89. The zero-order valence-corrected chi connectivity index (χ0v) is 14.8. The van der Waals surface area contributed by atoms with Crippen LogP contribution in [0.4, 0.5) is 4.39 Å². The first kappa shape index (κ1) is 16.5. The summed E-state index contributed by atoms with van der Waals surface area (Å²) < 4.78 is 21.0. The molecule has 0 amide bonds. The summed E-state index contributed by atoms with van der Waals surface area (Å²) in [6.07, 6.45) is 0. The van der Waals surface area contributed by atoms with Crippen molar-refractivity contribution in [1.82, 2.24) is 5.32 Å². The van der Waals surface area contributed by atoms with E-state index >= 15 is 0 Å². The first-order valence-corrected chi connectivity index (χ1v) is 8.25. The van der Waals surface area contributed by atoms with Gasteiger partial charge < -0.3 is 10.1 Å². The van der Waals surface area contributed by atoms with Crippen LogP contribution >= 0.6 is 31.9 Å². The summed E-state index contributed by atoms with van der Waals surface area (Å²) in [5.41, 5.74) is 1.68. The normalized spacial score (nSPS) is 10.7. The molecule has 0 aromatic heterocycles. The van der Waals surface area contributed by atoms with Gasteiger partial charge in [0, 0.05) is 12.1 Å². The van der Waals surface area contributed by atoms with Gasteiger partial charge in [-0.3, -0.25) is 0 Å². The van der Waals surface area contributed by atoms with E-state index in [-0.39, 0.29) is 12.4 Å². The molecule has 0 unspecified atom stereocenters. The number of halogens is 3. The van der Waals surface area contributed by atoms with Crippen LogP contribution in [0.2, 0.25) is 0 Å². The van der Waals surface area contributed by atoms with Crippen molar-refractivity contribution >= 4 is 31.9 Å². The van der Waals surface area contributed by atoms with E-state index in [4.69, 9.17) is 4.74 Å². The highest BCUT2D eigenvalue weighted by molar-refractivity contribution is 9.11. The molecule has 1 N–H and O–H groups in total. The van der Waals surface area contributed by atoms with Crippen molar-refractivity contribution in [3.63, 3.8) is 0 Å². The van der Waals surface area contributed by atoms with E-state index in [1.54, 1.807) is 18.2 Å². The van der Waals surface area contributed by atoms with Crippen LogP contribution in [-0.2, 0) is 13.2 Å². The molecule has 2 aromatic carbocycles. The summed E-state index contributed by atoms with van der Waals surface area (Å²) in [7, 11) is 0. The van der Waals surface area contributed by atoms with Crippen LogP contribution in [0.15, 0.2) is 45.3 Å². The van der Waals surface area contributed by atoms with E-state index in [1.807, 2.05) is 12.1 Å². The molecule has 0 fully saturated rings. The molecule has 0 saturated carbocycles. The minimum Gasteiger partial charge on any atom is -0.486 e. The number of nitrogens with one attached hydrogen (secondary N) is 1. The number of benzene rings is 2. The number of ether oxygens (including phenoxy) is 1. The standard InChI is InChI=1S/C16H16Br2FNO/c1-2-20-9-11-7-13(17)16(14(18)8-11)21-10-12-5-3-4-6-15(12)19/h3-8,20H,2,9-10H2,1H3. The molecule has 0 radical (unpaired) electrons. The molecule has 21 heavy (non-hydrogen) atoms. The lowest BCUT2D eigenvalue weighted by molar-refractivity contribution is 0.296. The predicted molar refractivity (Wildman–Crippen MR) is 90.0 cm³/mol. The molecule has 0 aliphatic carbocycles. The molecule has 0 aliphatic heterocycles. The molecule has 0 heterocycles. The highest BCUT2D eigenvalue weighted by Crippen LogP contribution is 2.35. The van der Waals surface area contributed by atoms with Crippen LogP contribution in [0, 0.1) is 5.82 Å². The Morgan fingerprint density at radius 3 is 2.43 bits per heavy atom. The largest absolute Gasteiger partial charge is 0.486 e. The summed E-state index contributed by atoms with van der Waals surface area (Å²) in [4.78, 5) is 0. The van der Waals surface area contributed by atoms with Crippen molar-refractivity contribution in [2.75, 3.05) is 6.54 Å². The van der Waals surface area contributed by atoms with E-state index < -0.39 is 0 Å². The first-order chi connectivity index (χ1) is 10.1. The maximum atomic E-state index is 13.6. The van der Waals surface area contributed by atoms with Gasteiger partial charge in [0.15, 0.2) is 0 Å². The summed E-state index contributed by atoms with van der Waals surface area (Å²) in [5, 5.41) is 3.27. The molecule has 2 aromatic rings. The minimum atomic E-state index is -0.256. The molecule has 112 valence electrons. The molecular weight excluding hydrogens is 401 g/mol. The Labute approximate surface area is 141 Å². The van der Waals surface area contributed by atoms with Crippen LogP contribution < -0.4 is 10.1 Å². The highest BCUT2D eigenvalue weighted by atomic mass is 79.9. The lowest BCUT2D eigenvalue weighted by Gasteiger charge is -2.13. The lowest BCUT2D eigenvalue weighted by Crippen LogP contribution is -2.11. The Balaban J connectivity index is 2.12. The quantitative estimate of drug-likeness (QED) is 0.712. The van der Waals surface area contributed by atoms with Crippen LogP contribution in [0.25, 0.3) is 0 Å². The maximum absolute atomic E-state index is 13.6. The zero-order valence-electron chi connectivity index (χ0n) is 11.6. The van der Waals surface area contributed by atoms with E-state index in [2.05, 4.69) is 44.1 Å². The molecule has 0 atom stereocenters. The van der Waals surface area contributed by atoms with E-state index in [0.717, 1.165) is 27.6 Å². The molecular formula is C16H16Br2FNO. The van der Waals surface area contributed by atoms with E-state index in [9.17, 15) is 4.39 Å². The second kappa shape index (κ2) is 7.92. The Kier molecular flexibility index (Phi) is 6.21. The fourth-order valence-corrected chi connectivity index (χ4v) is 3.40. The van der Waals surface area contributed by atoms with Crippen molar-refractivity contribution in [2.45, 2.75) is 20.1 Å². The number of hydrogen-bond donors (Lipinski definition) is 1. The summed E-state index contributed by atoms with van der Waals surface area (Å²) in [6.45, 7) is 3.97. The average Bonchev–Trinajstić information content (AvgIpc) is 2.46. The summed E-state index contributed by atoms with van der Waals surface area (Å²) in [5.74, 6) is 0.423. The summed E-state index contributed by atoms with van der Waals surface area (Å²) in [6, 6.07) is 10.6. The highest BCUT2D eigenvalue weighted by Gasteiger charge is 2.10. The minimum absolute atomic E-state index is 0.191. The molecule has 2 rings (SSSR count). The van der Waals surface area contributed by atoms with E-state index in [1.165, 1.54) is 6.07 Å². The SMILES string of the molecule is CCNCc1cc(Br)c(OCc2ccccc2F)c(Br)c1.